The Hall–Kier alpha value is -0.610. The molecule has 3 unspecified atom stereocenters. The highest BCUT2D eigenvalue weighted by atomic mass is 16.2. The maximum absolute atomic E-state index is 12.7. The van der Waals surface area contributed by atoms with Crippen molar-refractivity contribution in [2.24, 2.45) is 17.6 Å². The van der Waals surface area contributed by atoms with Crippen LogP contribution in [0.5, 0.6) is 0 Å². The zero-order chi connectivity index (χ0) is 15.8. The van der Waals surface area contributed by atoms with Crippen molar-refractivity contribution in [3.05, 3.63) is 0 Å². The van der Waals surface area contributed by atoms with Crippen molar-refractivity contribution in [3.63, 3.8) is 0 Å². The van der Waals surface area contributed by atoms with Crippen LogP contribution in [0.3, 0.4) is 0 Å². The zero-order valence-corrected chi connectivity index (χ0v) is 14.5. The number of nitrogens with zero attached hydrogens (tertiary/aromatic N) is 2. The van der Waals surface area contributed by atoms with Gasteiger partial charge in [-0.3, -0.25) is 4.79 Å². The van der Waals surface area contributed by atoms with Crippen LogP contribution < -0.4 is 5.73 Å². The fourth-order valence-corrected chi connectivity index (χ4v) is 3.35. The van der Waals surface area contributed by atoms with Gasteiger partial charge in [-0.05, 0) is 58.2 Å². The first-order valence-electron chi connectivity index (χ1n) is 8.80. The first-order valence-corrected chi connectivity index (χ1v) is 8.80. The van der Waals surface area contributed by atoms with Crippen molar-refractivity contribution in [2.75, 3.05) is 32.7 Å². The lowest BCUT2D eigenvalue weighted by molar-refractivity contribution is -0.137. The Morgan fingerprint density at radius 1 is 1.10 bits per heavy atom. The topological polar surface area (TPSA) is 49.6 Å². The maximum atomic E-state index is 12.7. The average Bonchev–Trinajstić information content (AvgIpc) is 2.50. The molecule has 0 saturated heterocycles. The normalized spacial score (nSPS) is 26.1. The Kier molecular flexibility index (Phi) is 8.27. The molecule has 0 aromatic rings. The van der Waals surface area contributed by atoms with Crippen LogP contribution in [0.25, 0.3) is 0 Å². The zero-order valence-electron chi connectivity index (χ0n) is 14.5. The summed E-state index contributed by atoms with van der Waals surface area (Å²) in [5.41, 5.74) is 6.06. The first-order chi connectivity index (χ1) is 10.0. The summed E-state index contributed by atoms with van der Waals surface area (Å²) < 4.78 is 0. The molecular formula is C17H35N3O. The minimum Gasteiger partial charge on any atom is -0.343 e. The third-order valence-corrected chi connectivity index (χ3v) is 5.08. The quantitative estimate of drug-likeness (QED) is 0.748. The standard InChI is InChI=1S/C17H35N3O/c1-5-19(6-2)11-8-12-20(7-3)17(21)15-9-10-16(18)14(4)13-15/h14-16H,5-13,18H2,1-4H3. The molecule has 124 valence electrons. The molecule has 0 bridgehead atoms. The van der Waals surface area contributed by atoms with E-state index in [2.05, 4.69) is 37.5 Å². The summed E-state index contributed by atoms with van der Waals surface area (Å²) >= 11 is 0. The van der Waals surface area contributed by atoms with Gasteiger partial charge in [0.1, 0.15) is 0 Å². The Labute approximate surface area is 131 Å². The van der Waals surface area contributed by atoms with Gasteiger partial charge in [-0.2, -0.15) is 0 Å². The fraction of sp³-hybridized carbons (Fsp3) is 0.941. The van der Waals surface area contributed by atoms with Gasteiger partial charge in [0.25, 0.3) is 0 Å². The second kappa shape index (κ2) is 9.42. The summed E-state index contributed by atoms with van der Waals surface area (Å²) in [6.45, 7) is 13.6. The van der Waals surface area contributed by atoms with E-state index in [1.807, 2.05) is 0 Å². The Morgan fingerprint density at radius 2 is 1.76 bits per heavy atom. The van der Waals surface area contributed by atoms with Crippen LogP contribution in [0.2, 0.25) is 0 Å². The van der Waals surface area contributed by atoms with Crippen molar-refractivity contribution in [1.82, 2.24) is 9.80 Å². The number of amides is 1. The highest BCUT2D eigenvalue weighted by molar-refractivity contribution is 5.79. The van der Waals surface area contributed by atoms with Crippen molar-refractivity contribution < 1.29 is 4.79 Å². The molecule has 0 aliphatic heterocycles. The van der Waals surface area contributed by atoms with Gasteiger partial charge in [-0.25, -0.2) is 0 Å². The molecule has 1 aliphatic rings. The molecule has 2 N–H and O–H groups in total. The largest absolute Gasteiger partial charge is 0.343 e. The van der Waals surface area contributed by atoms with Crippen molar-refractivity contribution in [1.29, 1.82) is 0 Å². The van der Waals surface area contributed by atoms with Gasteiger partial charge >= 0.3 is 0 Å². The second-order valence-electron chi connectivity index (χ2n) is 6.45. The Balaban J connectivity index is 2.42. The summed E-state index contributed by atoms with van der Waals surface area (Å²) in [5.74, 6) is 1.03. The van der Waals surface area contributed by atoms with E-state index < -0.39 is 0 Å². The van der Waals surface area contributed by atoms with Gasteiger partial charge in [0.15, 0.2) is 0 Å². The van der Waals surface area contributed by atoms with E-state index in [1.165, 1.54) is 0 Å². The minimum atomic E-state index is 0.202. The van der Waals surface area contributed by atoms with E-state index in [0.29, 0.717) is 11.8 Å². The van der Waals surface area contributed by atoms with Crippen molar-refractivity contribution in [2.45, 2.75) is 59.4 Å². The Morgan fingerprint density at radius 3 is 2.29 bits per heavy atom. The molecule has 0 aromatic heterocycles. The fourth-order valence-electron chi connectivity index (χ4n) is 3.35. The molecule has 0 radical (unpaired) electrons. The average molecular weight is 297 g/mol. The number of nitrogens with two attached hydrogens (primary N) is 1. The van der Waals surface area contributed by atoms with Crippen molar-refractivity contribution in [3.8, 4) is 0 Å². The molecule has 0 aromatic carbocycles. The molecule has 1 fully saturated rings. The maximum Gasteiger partial charge on any atom is 0.225 e. The lowest BCUT2D eigenvalue weighted by Crippen LogP contribution is -2.43. The Bertz CT molecular complexity index is 304. The number of hydrogen-bond acceptors (Lipinski definition) is 3. The molecule has 21 heavy (non-hydrogen) atoms. The summed E-state index contributed by atoms with van der Waals surface area (Å²) in [4.78, 5) is 17.1. The highest BCUT2D eigenvalue weighted by Gasteiger charge is 2.31. The van der Waals surface area contributed by atoms with Crippen molar-refractivity contribution >= 4 is 5.91 Å². The van der Waals surface area contributed by atoms with E-state index >= 15 is 0 Å². The van der Waals surface area contributed by atoms with E-state index in [0.717, 1.165) is 58.4 Å². The van der Waals surface area contributed by atoms with Crippen LogP contribution in [-0.4, -0.2) is 54.5 Å². The van der Waals surface area contributed by atoms with E-state index in [1.54, 1.807) is 0 Å². The number of hydrogen-bond donors (Lipinski definition) is 1. The molecule has 4 nitrogen and oxygen atoms in total. The predicted octanol–water partition coefficient (Wildman–Crippen LogP) is 2.33. The number of rotatable bonds is 8. The molecule has 0 spiro atoms. The molecular weight excluding hydrogens is 262 g/mol. The van der Waals surface area contributed by atoms with Crippen LogP contribution in [0.15, 0.2) is 0 Å². The molecule has 4 heteroatoms. The van der Waals surface area contributed by atoms with E-state index in [9.17, 15) is 4.79 Å². The van der Waals surface area contributed by atoms with Gasteiger partial charge < -0.3 is 15.5 Å². The SMILES string of the molecule is CCN(CC)CCCN(CC)C(=O)C1CCC(N)C(C)C1. The number of carbonyl (C=O) groups is 1. The lowest BCUT2D eigenvalue weighted by Gasteiger charge is -2.34. The molecule has 1 rings (SSSR count). The number of carbonyl (C=O) groups excluding carboxylic acids is 1. The van der Waals surface area contributed by atoms with Crippen LogP contribution in [0, 0.1) is 11.8 Å². The molecule has 3 atom stereocenters. The summed E-state index contributed by atoms with van der Waals surface area (Å²) in [7, 11) is 0. The first kappa shape index (κ1) is 18.4. The van der Waals surface area contributed by atoms with Crippen LogP contribution in [0.1, 0.15) is 53.4 Å². The lowest BCUT2D eigenvalue weighted by atomic mass is 9.78. The summed E-state index contributed by atoms with van der Waals surface area (Å²) in [6.07, 6.45) is 4.00. The molecule has 1 saturated carbocycles. The van der Waals surface area contributed by atoms with Crippen LogP contribution >= 0.6 is 0 Å². The third kappa shape index (κ3) is 5.59. The third-order valence-electron chi connectivity index (χ3n) is 5.08. The molecule has 0 heterocycles. The monoisotopic (exact) mass is 297 g/mol. The highest BCUT2D eigenvalue weighted by Crippen LogP contribution is 2.29. The summed E-state index contributed by atoms with van der Waals surface area (Å²) in [5, 5.41) is 0. The minimum absolute atomic E-state index is 0.202. The van der Waals surface area contributed by atoms with Gasteiger partial charge in [0.05, 0.1) is 0 Å². The van der Waals surface area contributed by atoms with Crippen LogP contribution in [-0.2, 0) is 4.79 Å². The van der Waals surface area contributed by atoms with E-state index in [4.69, 9.17) is 5.73 Å². The van der Waals surface area contributed by atoms with Gasteiger partial charge in [0, 0.05) is 25.0 Å². The van der Waals surface area contributed by atoms with Crippen LogP contribution in [0.4, 0.5) is 0 Å². The second-order valence-corrected chi connectivity index (χ2v) is 6.45. The predicted molar refractivity (Wildman–Crippen MR) is 89.1 cm³/mol. The molecule has 1 amide bonds. The smallest absolute Gasteiger partial charge is 0.225 e. The van der Waals surface area contributed by atoms with Gasteiger partial charge in [-0.15, -0.1) is 0 Å². The van der Waals surface area contributed by atoms with Gasteiger partial charge in [0.2, 0.25) is 5.91 Å². The molecule has 1 aliphatic carbocycles. The van der Waals surface area contributed by atoms with E-state index in [-0.39, 0.29) is 12.0 Å². The van der Waals surface area contributed by atoms with Gasteiger partial charge in [-0.1, -0.05) is 20.8 Å². The summed E-state index contributed by atoms with van der Waals surface area (Å²) in [6, 6.07) is 0.284.